The van der Waals surface area contributed by atoms with Gasteiger partial charge in [-0.2, -0.15) is 0 Å². The summed E-state index contributed by atoms with van der Waals surface area (Å²) in [5, 5.41) is 0.422. The molecule has 0 aliphatic carbocycles. The molecular weight excluding hydrogens is 298 g/mol. The fourth-order valence-corrected chi connectivity index (χ4v) is 1.54. The Bertz CT molecular complexity index is 507. The van der Waals surface area contributed by atoms with Gasteiger partial charge in [0.1, 0.15) is 11.6 Å². The van der Waals surface area contributed by atoms with Gasteiger partial charge in [0.15, 0.2) is 0 Å². The maximum absolute atomic E-state index is 12.8. The van der Waals surface area contributed by atoms with Crippen molar-refractivity contribution in [3.63, 3.8) is 0 Å². The van der Waals surface area contributed by atoms with Crippen LogP contribution < -0.4 is 4.74 Å². The van der Waals surface area contributed by atoms with Gasteiger partial charge in [0, 0.05) is 0 Å². The number of halogens is 3. The maximum Gasteiger partial charge on any atom is 0.321 e. The van der Waals surface area contributed by atoms with Crippen LogP contribution in [-0.2, 0) is 0 Å². The van der Waals surface area contributed by atoms with E-state index in [1.165, 1.54) is 30.6 Å². The largest absolute Gasteiger partial charge is 0.423 e. The molecule has 16 heavy (non-hydrogen) atoms. The topological polar surface area (TPSA) is 35.0 Å². The van der Waals surface area contributed by atoms with Crippen LogP contribution in [-0.4, -0.2) is 9.97 Å². The Labute approximate surface area is 104 Å². The predicted octanol–water partition coefficient (Wildman–Crippen LogP) is 3.82. The lowest BCUT2D eigenvalue weighted by atomic mass is 10.3. The minimum Gasteiger partial charge on any atom is -0.423 e. The second-order valence-corrected chi connectivity index (χ2v) is 4.15. The Morgan fingerprint density at radius 1 is 1.25 bits per heavy atom. The number of nitrogens with zero attached hydrogens (tertiary/aromatic N) is 2. The second-order valence-electron chi connectivity index (χ2n) is 2.86. The van der Waals surface area contributed by atoms with Gasteiger partial charge < -0.3 is 4.74 Å². The third-order valence-electron chi connectivity index (χ3n) is 1.69. The first kappa shape index (κ1) is 11.3. The average molecular weight is 304 g/mol. The molecule has 0 fully saturated rings. The first-order valence-corrected chi connectivity index (χ1v) is 5.43. The Morgan fingerprint density at radius 3 is 2.56 bits per heavy atom. The van der Waals surface area contributed by atoms with Crippen LogP contribution in [0.15, 0.2) is 35.1 Å². The predicted molar refractivity (Wildman–Crippen MR) is 61.2 cm³/mol. The second kappa shape index (κ2) is 4.76. The van der Waals surface area contributed by atoms with Crippen molar-refractivity contribution in [2.45, 2.75) is 0 Å². The molecule has 0 N–H and O–H groups in total. The summed E-state index contributed by atoms with van der Waals surface area (Å²) in [5.74, 6) is 0.0833. The highest BCUT2D eigenvalue weighted by molar-refractivity contribution is 9.10. The molecule has 2 aromatic rings. The standard InChI is InChI=1S/C10H5BrClFN2O/c11-8-3-7(13)1-2-9(8)16-10-14-4-6(12)5-15-10/h1-5H. The molecule has 0 saturated carbocycles. The van der Waals surface area contributed by atoms with Crippen molar-refractivity contribution in [2.24, 2.45) is 0 Å². The SMILES string of the molecule is Fc1ccc(Oc2ncc(Cl)cn2)c(Br)c1. The molecule has 0 saturated heterocycles. The van der Waals surface area contributed by atoms with Gasteiger partial charge in [-0.15, -0.1) is 0 Å². The summed E-state index contributed by atoms with van der Waals surface area (Å²) >= 11 is 8.80. The molecule has 1 aromatic heterocycles. The summed E-state index contributed by atoms with van der Waals surface area (Å²) in [7, 11) is 0. The van der Waals surface area contributed by atoms with Gasteiger partial charge in [-0.1, -0.05) is 11.6 Å². The van der Waals surface area contributed by atoms with E-state index in [1.54, 1.807) is 0 Å². The van der Waals surface area contributed by atoms with Crippen LogP contribution in [0, 0.1) is 5.82 Å². The minimum atomic E-state index is -0.351. The molecule has 0 aliphatic rings. The van der Waals surface area contributed by atoms with Crippen molar-refractivity contribution in [3.8, 4) is 11.8 Å². The van der Waals surface area contributed by atoms with Gasteiger partial charge >= 0.3 is 6.01 Å². The molecule has 0 aliphatic heterocycles. The van der Waals surface area contributed by atoms with Crippen molar-refractivity contribution < 1.29 is 9.13 Å². The first-order valence-electron chi connectivity index (χ1n) is 4.25. The van der Waals surface area contributed by atoms with Crippen molar-refractivity contribution >= 4 is 27.5 Å². The van der Waals surface area contributed by atoms with Gasteiger partial charge in [-0.05, 0) is 34.1 Å². The van der Waals surface area contributed by atoms with Crippen molar-refractivity contribution in [1.82, 2.24) is 9.97 Å². The molecular formula is C10H5BrClFN2O. The van der Waals surface area contributed by atoms with Crippen LogP contribution in [0.25, 0.3) is 0 Å². The smallest absolute Gasteiger partial charge is 0.321 e. The molecule has 0 bridgehead atoms. The maximum atomic E-state index is 12.8. The number of ether oxygens (including phenoxy) is 1. The highest BCUT2D eigenvalue weighted by Crippen LogP contribution is 2.28. The van der Waals surface area contributed by atoms with E-state index in [-0.39, 0.29) is 11.8 Å². The summed E-state index contributed by atoms with van der Waals surface area (Å²) in [6.07, 6.45) is 2.84. The quantitative estimate of drug-likeness (QED) is 0.846. The average Bonchev–Trinajstić information content (AvgIpc) is 2.25. The monoisotopic (exact) mass is 302 g/mol. The molecule has 0 atom stereocenters. The van der Waals surface area contributed by atoms with Crippen LogP contribution in [0.4, 0.5) is 4.39 Å². The number of hydrogen-bond donors (Lipinski definition) is 0. The Kier molecular flexibility index (Phi) is 3.36. The van der Waals surface area contributed by atoms with E-state index in [0.717, 1.165) is 0 Å². The molecule has 0 radical (unpaired) electrons. The van der Waals surface area contributed by atoms with E-state index >= 15 is 0 Å². The van der Waals surface area contributed by atoms with Gasteiger partial charge in [0.25, 0.3) is 0 Å². The third-order valence-corrected chi connectivity index (χ3v) is 2.51. The highest BCUT2D eigenvalue weighted by atomic mass is 79.9. The van der Waals surface area contributed by atoms with Crippen LogP contribution >= 0.6 is 27.5 Å². The number of aromatic nitrogens is 2. The normalized spacial score (nSPS) is 10.2. The summed E-state index contributed by atoms with van der Waals surface area (Å²) < 4.78 is 18.6. The molecule has 6 heteroatoms. The molecule has 1 aromatic carbocycles. The van der Waals surface area contributed by atoms with Gasteiger partial charge in [-0.3, -0.25) is 0 Å². The third kappa shape index (κ3) is 2.68. The molecule has 2 rings (SSSR count). The van der Waals surface area contributed by atoms with Crippen LogP contribution in [0.5, 0.6) is 11.8 Å². The van der Waals surface area contributed by atoms with Gasteiger partial charge in [-0.25, -0.2) is 14.4 Å². The van der Waals surface area contributed by atoms with Crippen LogP contribution in [0.3, 0.4) is 0 Å². The van der Waals surface area contributed by atoms with E-state index in [9.17, 15) is 4.39 Å². The molecule has 3 nitrogen and oxygen atoms in total. The minimum absolute atomic E-state index is 0.150. The summed E-state index contributed by atoms with van der Waals surface area (Å²) in [6.45, 7) is 0. The van der Waals surface area contributed by atoms with Crippen LogP contribution in [0.1, 0.15) is 0 Å². The summed E-state index contributed by atoms with van der Waals surface area (Å²) in [5.41, 5.74) is 0. The lowest BCUT2D eigenvalue weighted by Crippen LogP contribution is -1.91. The van der Waals surface area contributed by atoms with Crippen LogP contribution in [0.2, 0.25) is 5.02 Å². The van der Waals surface area contributed by atoms with E-state index in [1.807, 2.05) is 0 Å². The zero-order valence-electron chi connectivity index (χ0n) is 7.82. The van der Waals surface area contributed by atoms with Gasteiger partial charge in [0.05, 0.1) is 21.9 Å². The summed E-state index contributed by atoms with van der Waals surface area (Å²) in [4.78, 5) is 7.71. The fraction of sp³-hybridized carbons (Fsp3) is 0. The number of rotatable bonds is 2. The molecule has 0 unspecified atom stereocenters. The molecule has 82 valence electrons. The molecule has 1 heterocycles. The molecule has 0 spiro atoms. The van der Waals surface area contributed by atoms with E-state index in [2.05, 4.69) is 25.9 Å². The van der Waals surface area contributed by atoms with Crippen molar-refractivity contribution in [2.75, 3.05) is 0 Å². The van der Waals surface area contributed by atoms with E-state index in [4.69, 9.17) is 16.3 Å². The first-order chi connectivity index (χ1) is 7.65. The van der Waals surface area contributed by atoms with Crippen molar-refractivity contribution in [3.05, 3.63) is 45.9 Å². The zero-order chi connectivity index (χ0) is 11.5. The Morgan fingerprint density at radius 2 is 1.94 bits per heavy atom. The Hall–Kier alpha value is -1.20. The Balaban J connectivity index is 2.23. The number of hydrogen-bond acceptors (Lipinski definition) is 3. The summed E-state index contributed by atoms with van der Waals surface area (Å²) in [6, 6.07) is 4.22. The lowest BCUT2D eigenvalue weighted by molar-refractivity contribution is 0.437. The van der Waals surface area contributed by atoms with E-state index in [0.29, 0.717) is 15.2 Å². The van der Waals surface area contributed by atoms with E-state index < -0.39 is 0 Å². The van der Waals surface area contributed by atoms with Crippen molar-refractivity contribution in [1.29, 1.82) is 0 Å². The zero-order valence-corrected chi connectivity index (χ0v) is 10.2. The highest BCUT2D eigenvalue weighted by Gasteiger charge is 2.05. The number of benzene rings is 1. The molecule has 0 amide bonds. The lowest BCUT2D eigenvalue weighted by Gasteiger charge is -2.05. The fourth-order valence-electron chi connectivity index (χ4n) is 1.01. The van der Waals surface area contributed by atoms with Gasteiger partial charge in [0.2, 0.25) is 0 Å².